The highest BCUT2D eigenvalue weighted by Gasteiger charge is 2.25. The van der Waals surface area contributed by atoms with Gasteiger partial charge in [-0.05, 0) is 38.8 Å². The van der Waals surface area contributed by atoms with Crippen molar-refractivity contribution < 1.29 is 14.1 Å². The smallest absolute Gasteiger partial charge is 0.254 e. The molecule has 0 aliphatic carbocycles. The molecule has 2 aromatic rings. The van der Waals surface area contributed by atoms with Gasteiger partial charge in [0, 0.05) is 36.4 Å². The Labute approximate surface area is 152 Å². The highest BCUT2D eigenvalue weighted by atomic mass is 32.2. The fraction of sp³-hybridized carbons (Fsp3) is 0.474. The molecule has 0 radical (unpaired) electrons. The number of methoxy groups -OCH3 is 1. The van der Waals surface area contributed by atoms with Crippen LogP contribution in [-0.4, -0.2) is 42.3 Å². The number of thioether (sulfide) groups is 1. The average molecular weight is 360 g/mol. The van der Waals surface area contributed by atoms with E-state index in [0.29, 0.717) is 0 Å². The van der Waals surface area contributed by atoms with E-state index in [1.165, 1.54) is 0 Å². The summed E-state index contributed by atoms with van der Waals surface area (Å²) in [6.07, 6.45) is 2.07. The number of nitrogens with zero attached hydrogens (tertiary/aromatic N) is 2. The summed E-state index contributed by atoms with van der Waals surface area (Å²) in [5.74, 6) is 1.70. The van der Waals surface area contributed by atoms with Crippen molar-refractivity contribution in [1.82, 2.24) is 10.1 Å². The third-order valence-corrected chi connectivity index (χ3v) is 5.83. The minimum atomic E-state index is 0.108. The number of amides is 1. The van der Waals surface area contributed by atoms with Crippen LogP contribution in [0.1, 0.15) is 40.2 Å². The van der Waals surface area contributed by atoms with Crippen molar-refractivity contribution in [2.45, 2.75) is 43.4 Å². The summed E-state index contributed by atoms with van der Waals surface area (Å²) in [5.41, 5.74) is 2.79. The Balaban J connectivity index is 1.71. The molecule has 134 valence electrons. The second-order valence-corrected chi connectivity index (χ2v) is 7.33. The number of aromatic nitrogens is 1. The Morgan fingerprint density at radius 2 is 2.04 bits per heavy atom. The molecular weight excluding hydrogens is 336 g/mol. The van der Waals surface area contributed by atoms with Crippen molar-refractivity contribution in [1.29, 1.82) is 0 Å². The standard InChI is InChI=1S/C19H24N2O3S/c1-13-17(14(2)24-20-13)12-25-18-7-5-4-6-16(18)19(22)21-10-8-15(23-3)9-11-21/h4-7,15H,8-12H2,1-3H3. The van der Waals surface area contributed by atoms with Crippen LogP contribution in [0.15, 0.2) is 33.7 Å². The number of likely N-dealkylation sites (tertiary alicyclic amines) is 1. The molecule has 0 bridgehead atoms. The number of carbonyl (C=O) groups excluding carboxylic acids is 1. The van der Waals surface area contributed by atoms with Crippen LogP contribution >= 0.6 is 11.8 Å². The van der Waals surface area contributed by atoms with Gasteiger partial charge in [0.05, 0.1) is 17.4 Å². The van der Waals surface area contributed by atoms with Gasteiger partial charge in [0.1, 0.15) is 5.76 Å². The van der Waals surface area contributed by atoms with Crippen LogP contribution < -0.4 is 0 Å². The summed E-state index contributed by atoms with van der Waals surface area (Å²) in [5, 5.41) is 4.00. The Hall–Kier alpha value is -1.79. The SMILES string of the molecule is COC1CCN(C(=O)c2ccccc2SCc2c(C)noc2C)CC1. The summed E-state index contributed by atoms with van der Waals surface area (Å²) in [6, 6.07) is 7.83. The lowest BCUT2D eigenvalue weighted by Crippen LogP contribution is -2.40. The maximum Gasteiger partial charge on any atom is 0.254 e. The molecule has 2 heterocycles. The van der Waals surface area contributed by atoms with E-state index in [1.54, 1.807) is 18.9 Å². The summed E-state index contributed by atoms with van der Waals surface area (Å²) >= 11 is 1.66. The molecule has 0 unspecified atom stereocenters. The molecule has 0 spiro atoms. The summed E-state index contributed by atoms with van der Waals surface area (Å²) in [6.45, 7) is 5.37. The first-order valence-corrected chi connectivity index (χ1v) is 9.54. The fourth-order valence-corrected chi connectivity index (χ4v) is 4.29. The number of ether oxygens (including phenoxy) is 1. The maximum absolute atomic E-state index is 13.0. The first kappa shape index (κ1) is 18.0. The fourth-order valence-electron chi connectivity index (χ4n) is 3.09. The largest absolute Gasteiger partial charge is 0.381 e. The van der Waals surface area contributed by atoms with E-state index in [9.17, 15) is 4.79 Å². The molecule has 0 N–H and O–H groups in total. The van der Waals surface area contributed by atoms with Gasteiger partial charge in [0.15, 0.2) is 0 Å². The van der Waals surface area contributed by atoms with Crippen molar-refractivity contribution in [3.63, 3.8) is 0 Å². The zero-order valence-corrected chi connectivity index (χ0v) is 15.8. The number of benzene rings is 1. The van der Waals surface area contributed by atoms with Crippen LogP contribution in [0.5, 0.6) is 0 Å². The third kappa shape index (κ3) is 4.07. The van der Waals surface area contributed by atoms with E-state index in [0.717, 1.165) is 59.2 Å². The normalized spacial score (nSPS) is 15.6. The molecule has 1 aliphatic heterocycles. The second-order valence-electron chi connectivity index (χ2n) is 6.31. The summed E-state index contributed by atoms with van der Waals surface area (Å²) in [4.78, 5) is 15.9. The number of carbonyl (C=O) groups is 1. The van der Waals surface area contributed by atoms with Gasteiger partial charge in [0.25, 0.3) is 5.91 Å². The molecule has 1 amide bonds. The summed E-state index contributed by atoms with van der Waals surface area (Å²) < 4.78 is 10.6. The number of rotatable bonds is 5. The van der Waals surface area contributed by atoms with Gasteiger partial charge < -0.3 is 14.2 Å². The number of piperidine rings is 1. The Bertz CT molecular complexity index is 717. The maximum atomic E-state index is 13.0. The van der Waals surface area contributed by atoms with Crippen LogP contribution in [0, 0.1) is 13.8 Å². The van der Waals surface area contributed by atoms with E-state index in [-0.39, 0.29) is 12.0 Å². The van der Waals surface area contributed by atoms with E-state index >= 15 is 0 Å². The predicted octanol–water partition coefficient (Wildman–Crippen LogP) is 3.83. The molecule has 1 aliphatic rings. The predicted molar refractivity (Wildman–Crippen MR) is 97.9 cm³/mol. The Morgan fingerprint density at radius 1 is 1.32 bits per heavy atom. The van der Waals surface area contributed by atoms with Crippen LogP contribution in [0.3, 0.4) is 0 Å². The highest BCUT2D eigenvalue weighted by Crippen LogP contribution is 2.30. The minimum absolute atomic E-state index is 0.108. The van der Waals surface area contributed by atoms with Crippen LogP contribution in [0.4, 0.5) is 0 Å². The first-order chi connectivity index (χ1) is 12.1. The molecular formula is C19H24N2O3S. The van der Waals surface area contributed by atoms with E-state index < -0.39 is 0 Å². The van der Waals surface area contributed by atoms with Gasteiger partial charge in [-0.1, -0.05) is 17.3 Å². The van der Waals surface area contributed by atoms with Crippen molar-refractivity contribution in [2.24, 2.45) is 0 Å². The molecule has 1 fully saturated rings. The number of hydrogen-bond donors (Lipinski definition) is 0. The zero-order chi connectivity index (χ0) is 17.8. The van der Waals surface area contributed by atoms with Gasteiger partial charge in [-0.25, -0.2) is 0 Å². The molecule has 0 atom stereocenters. The quantitative estimate of drug-likeness (QED) is 0.759. The van der Waals surface area contributed by atoms with E-state index in [4.69, 9.17) is 9.26 Å². The van der Waals surface area contributed by atoms with Gasteiger partial charge in [-0.3, -0.25) is 4.79 Å². The molecule has 6 heteroatoms. The van der Waals surface area contributed by atoms with Crippen LogP contribution in [-0.2, 0) is 10.5 Å². The molecule has 1 saturated heterocycles. The number of aryl methyl sites for hydroxylation is 2. The van der Waals surface area contributed by atoms with E-state index in [2.05, 4.69) is 5.16 Å². The van der Waals surface area contributed by atoms with Gasteiger partial charge >= 0.3 is 0 Å². The molecule has 1 aromatic carbocycles. The van der Waals surface area contributed by atoms with Crippen molar-refractivity contribution in [2.75, 3.05) is 20.2 Å². The second kappa shape index (κ2) is 8.06. The molecule has 1 aromatic heterocycles. The van der Waals surface area contributed by atoms with Gasteiger partial charge in [-0.2, -0.15) is 0 Å². The van der Waals surface area contributed by atoms with Gasteiger partial charge in [0.2, 0.25) is 0 Å². The van der Waals surface area contributed by atoms with Crippen LogP contribution in [0.2, 0.25) is 0 Å². The van der Waals surface area contributed by atoms with E-state index in [1.807, 2.05) is 43.0 Å². The average Bonchev–Trinajstić information content (AvgIpc) is 2.97. The highest BCUT2D eigenvalue weighted by molar-refractivity contribution is 7.98. The lowest BCUT2D eigenvalue weighted by Gasteiger charge is -2.31. The topological polar surface area (TPSA) is 55.6 Å². The minimum Gasteiger partial charge on any atom is -0.381 e. The van der Waals surface area contributed by atoms with Gasteiger partial charge in [-0.15, -0.1) is 11.8 Å². The van der Waals surface area contributed by atoms with Crippen molar-refractivity contribution >= 4 is 17.7 Å². The first-order valence-electron chi connectivity index (χ1n) is 8.55. The number of hydrogen-bond acceptors (Lipinski definition) is 5. The Kier molecular flexibility index (Phi) is 5.81. The molecule has 5 nitrogen and oxygen atoms in total. The molecule has 3 rings (SSSR count). The van der Waals surface area contributed by atoms with Crippen molar-refractivity contribution in [3.05, 3.63) is 46.8 Å². The Morgan fingerprint density at radius 3 is 2.68 bits per heavy atom. The lowest BCUT2D eigenvalue weighted by atomic mass is 10.1. The lowest BCUT2D eigenvalue weighted by molar-refractivity contribution is 0.0349. The molecule has 0 saturated carbocycles. The molecule has 25 heavy (non-hydrogen) atoms. The van der Waals surface area contributed by atoms with Crippen molar-refractivity contribution in [3.8, 4) is 0 Å². The van der Waals surface area contributed by atoms with Crippen LogP contribution in [0.25, 0.3) is 0 Å². The summed E-state index contributed by atoms with van der Waals surface area (Å²) in [7, 11) is 1.74. The third-order valence-electron chi connectivity index (χ3n) is 4.73. The monoisotopic (exact) mass is 360 g/mol. The zero-order valence-electron chi connectivity index (χ0n) is 14.9.